The van der Waals surface area contributed by atoms with Gasteiger partial charge in [-0.05, 0) is 51.1 Å². The monoisotopic (exact) mass is 613 g/mol. The predicted octanol–water partition coefficient (Wildman–Crippen LogP) is 4.23. The lowest BCUT2D eigenvalue weighted by Crippen LogP contribution is -2.50. The van der Waals surface area contributed by atoms with E-state index in [1.807, 2.05) is 25.7 Å². The Hall–Kier alpha value is -4.66. The van der Waals surface area contributed by atoms with Crippen LogP contribution in [0.1, 0.15) is 20.8 Å². The lowest BCUT2D eigenvalue weighted by molar-refractivity contribution is 0.0240. The van der Waals surface area contributed by atoms with Gasteiger partial charge in [0.1, 0.15) is 34.8 Å². The molecule has 0 saturated carbocycles. The molecule has 4 aromatic rings. The Morgan fingerprint density at radius 3 is 2.35 bits per heavy atom. The van der Waals surface area contributed by atoms with E-state index < -0.39 is 32.2 Å². The molecule has 1 aliphatic rings. The molecule has 0 radical (unpaired) electrons. The molecule has 1 fully saturated rings. The SMILES string of the molecule is COc1ncc(-c2ccc3ncnc(N4CCN(C(=O)OC(C)(C)C)CC4)c3n2)cc1NS(=O)(=O)c1c(F)cccc1F. The third-order valence-electron chi connectivity index (χ3n) is 6.47. The molecule has 1 N–H and O–H groups in total. The molecule has 0 atom stereocenters. The van der Waals surface area contributed by atoms with Crippen LogP contribution in [0.3, 0.4) is 0 Å². The number of pyridine rings is 2. The van der Waals surface area contributed by atoms with Gasteiger partial charge < -0.3 is 19.3 Å². The number of anilines is 2. The van der Waals surface area contributed by atoms with Gasteiger partial charge in [0.2, 0.25) is 5.88 Å². The van der Waals surface area contributed by atoms with E-state index in [0.717, 1.165) is 18.2 Å². The molecular weight excluding hydrogens is 584 g/mol. The maximum Gasteiger partial charge on any atom is 0.410 e. The van der Waals surface area contributed by atoms with Crippen LogP contribution in [0.5, 0.6) is 5.88 Å². The fourth-order valence-electron chi connectivity index (χ4n) is 4.51. The molecule has 5 rings (SSSR count). The largest absolute Gasteiger partial charge is 0.480 e. The Balaban J connectivity index is 1.44. The number of nitrogens with one attached hydrogen (secondary N) is 1. The van der Waals surface area contributed by atoms with Crippen molar-refractivity contribution in [1.29, 1.82) is 0 Å². The number of carbonyl (C=O) groups excluding carboxylic acids is 1. The summed E-state index contributed by atoms with van der Waals surface area (Å²) in [7, 11) is -3.41. The quantitative estimate of drug-likeness (QED) is 0.336. The number of amides is 1. The molecular formula is C28H29F2N7O5S. The fraction of sp³-hybridized carbons (Fsp3) is 0.321. The van der Waals surface area contributed by atoms with Crippen LogP contribution < -0.4 is 14.4 Å². The zero-order valence-electron chi connectivity index (χ0n) is 23.8. The van der Waals surface area contributed by atoms with Gasteiger partial charge in [0, 0.05) is 37.9 Å². The van der Waals surface area contributed by atoms with Crippen molar-refractivity contribution in [3.8, 4) is 17.1 Å². The van der Waals surface area contributed by atoms with Crippen molar-refractivity contribution < 1.29 is 31.5 Å². The van der Waals surface area contributed by atoms with Gasteiger partial charge in [0.05, 0.1) is 18.3 Å². The van der Waals surface area contributed by atoms with Gasteiger partial charge in [-0.1, -0.05) is 6.07 Å². The molecule has 1 amide bonds. The number of sulfonamides is 1. The Bertz CT molecular complexity index is 1770. The first-order chi connectivity index (χ1) is 20.4. The minimum atomic E-state index is -4.69. The van der Waals surface area contributed by atoms with E-state index in [1.165, 1.54) is 25.7 Å². The van der Waals surface area contributed by atoms with E-state index >= 15 is 0 Å². The van der Waals surface area contributed by atoms with Crippen LogP contribution in [0.4, 0.5) is 25.1 Å². The lowest BCUT2D eigenvalue weighted by atomic mass is 10.1. The van der Waals surface area contributed by atoms with E-state index in [4.69, 9.17) is 14.5 Å². The summed E-state index contributed by atoms with van der Waals surface area (Å²) in [6.45, 7) is 7.27. The number of aromatic nitrogens is 4. The second-order valence-electron chi connectivity index (χ2n) is 10.7. The summed E-state index contributed by atoms with van der Waals surface area (Å²) in [5, 5.41) is 0. The smallest absolute Gasteiger partial charge is 0.410 e. The van der Waals surface area contributed by atoms with Gasteiger partial charge >= 0.3 is 6.09 Å². The van der Waals surface area contributed by atoms with E-state index in [1.54, 1.807) is 17.0 Å². The predicted molar refractivity (Wildman–Crippen MR) is 154 cm³/mol. The van der Waals surface area contributed by atoms with Gasteiger partial charge in [-0.25, -0.2) is 41.9 Å². The molecule has 0 unspecified atom stereocenters. The number of halogens is 2. The molecule has 0 aliphatic carbocycles. The normalized spacial score (nSPS) is 14.1. The van der Waals surface area contributed by atoms with Crippen LogP contribution in [0.25, 0.3) is 22.3 Å². The van der Waals surface area contributed by atoms with E-state index in [2.05, 4.69) is 19.7 Å². The van der Waals surface area contributed by atoms with Gasteiger partial charge in [-0.15, -0.1) is 0 Å². The van der Waals surface area contributed by atoms with E-state index in [9.17, 15) is 22.0 Å². The molecule has 1 aromatic carbocycles. The molecule has 1 saturated heterocycles. The average molecular weight is 614 g/mol. The number of benzene rings is 1. The first-order valence-electron chi connectivity index (χ1n) is 13.2. The Labute approximate surface area is 246 Å². The maximum atomic E-state index is 14.3. The number of hydrogen-bond acceptors (Lipinski definition) is 10. The fourth-order valence-corrected chi connectivity index (χ4v) is 5.70. The first kappa shape index (κ1) is 29.8. The number of nitrogens with zero attached hydrogens (tertiary/aromatic N) is 6. The van der Waals surface area contributed by atoms with Gasteiger partial charge in [-0.3, -0.25) is 4.72 Å². The van der Waals surface area contributed by atoms with Crippen LogP contribution in [0.2, 0.25) is 0 Å². The molecule has 12 nitrogen and oxygen atoms in total. The second-order valence-corrected chi connectivity index (χ2v) is 12.3. The van der Waals surface area contributed by atoms with Crippen LogP contribution in [0.15, 0.2) is 53.8 Å². The van der Waals surface area contributed by atoms with E-state index in [-0.39, 0.29) is 17.7 Å². The summed E-state index contributed by atoms with van der Waals surface area (Å²) >= 11 is 0. The highest BCUT2D eigenvalue weighted by molar-refractivity contribution is 7.92. The van der Waals surface area contributed by atoms with Gasteiger partial charge in [0.15, 0.2) is 10.7 Å². The van der Waals surface area contributed by atoms with Crippen LogP contribution >= 0.6 is 0 Å². The summed E-state index contributed by atoms with van der Waals surface area (Å²) in [4.78, 5) is 32.7. The van der Waals surface area contributed by atoms with Crippen molar-refractivity contribution in [3.63, 3.8) is 0 Å². The Morgan fingerprint density at radius 1 is 1.00 bits per heavy atom. The molecule has 3 aromatic heterocycles. The molecule has 0 spiro atoms. The zero-order valence-corrected chi connectivity index (χ0v) is 24.7. The van der Waals surface area contributed by atoms with Crippen molar-refractivity contribution in [3.05, 3.63) is 60.6 Å². The van der Waals surface area contributed by atoms with Crippen molar-refractivity contribution in [2.75, 3.05) is 42.9 Å². The third-order valence-corrected chi connectivity index (χ3v) is 7.88. The summed E-state index contributed by atoms with van der Waals surface area (Å²) in [5.74, 6) is -2.04. The molecule has 0 bridgehead atoms. The van der Waals surface area contributed by atoms with Crippen LogP contribution in [-0.4, -0.2) is 78.2 Å². The zero-order chi connectivity index (χ0) is 30.9. The number of hydrogen-bond donors (Lipinski definition) is 1. The maximum absolute atomic E-state index is 14.3. The number of ether oxygens (including phenoxy) is 2. The highest BCUT2D eigenvalue weighted by atomic mass is 32.2. The molecule has 15 heteroatoms. The topological polar surface area (TPSA) is 140 Å². The summed E-state index contributed by atoms with van der Waals surface area (Å²) in [5.41, 5.74) is 1.11. The van der Waals surface area contributed by atoms with Crippen molar-refractivity contribution in [2.24, 2.45) is 0 Å². The first-order valence-corrected chi connectivity index (χ1v) is 14.7. The van der Waals surface area contributed by atoms with Crippen LogP contribution in [-0.2, 0) is 14.8 Å². The Kier molecular flexibility index (Phi) is 8.01. The minimum absolute atomic E-state index is 0.114. The van der Waals surface area contributed by atoms with Crippen molar-refractivity contribution >= 4 is 38.7 Å². The number of rotatable bonds is 6. The molecule has 1 aliphatic heterocycles. The highest BCUT2D eigenvalue weighted by Gasteiger charge is 2.28. The van der Waals surface area contributed by atoms with Gasteiger partial charge in [-0.2, -0.15) is 0 Å². The summed E-state index contributed by atoms with van der Waals surface area (Å²) < 4.78 is 67.3. The van der Waals surface area contributed by atoms with Gasteiger partial charge in [0.25, 0.3) is 10.0 Å². The van der Waals surface area contributed by atoms with Crippen molar-refractivity contribution in [2.45, 2.75) is 31.3 Å². The summed E-state index contributed by atoms with van der Waals surface area (Å²) in [6.07, 6.45) is 2.48. The lowest BCUT2D eigenvalue weighted by Gasteiger charge is -2.36. The third kappa shape index (κ3) is 6.40. The second kappa shape index (κ2) is 11.6. The number of piperazine rings is 1. The minimum Gasteiger partial charge on any atom is -0.480 e. The molecule has 226 valence electrons. The standard InChI is InChI=1S/C28H29F2N7O5S/c1-28(2,3)42-27(38)37-12-10-36(11-13-37)25-23-21(32-16-33-25)9-8-20(34-23)17-14-22(26(41-4)31-15-17)35-43(39,40)24-18(29)6-5-7-19(24)30/h5-9,14-16,35H,10-13H2,1-4H3. The number of fused-ring (bicyclic) bond motifs is 1. The van der Waals surface area contributed by atoms with Crippen LogP contribution in [0, 0.1) is 11.6 Å². The van der Waals surface area contributed by atoms with Crippen molar-refractivity contribution in [1.82, 2.24) is 24.8 Å². The highest BCUT2D eigenvalue weighted by Crippen LogP contribution is 2.32. The number of carbonyl (C=O) groups is 1. The number of methoxy groups -OCH3 is 1. The molecule has 4 heterocycles. The Morgan fingerprint density at radius 2 is 1.70 bits per heavy atom. The molecule has 43 heavy (non-hydrogen) atoms. The van der Waals surface area contributed by atoms with E-state index in [0.29, 0.717) is 54.3 Å². The summed E-state index contributed by atoms with van der Waals surface area (Å²) in [6, 6.07) is 7.58. The average Bonchev–Trinajstić information content (AvgIpc) is 2.95.